The lowest BCUT2D eigenvalue weighted by atomic mass is 9.84. The van der Waals surface area contributed by atoms with Gasteiger partial charge in [-0.05, 0) is 41.9 Å². The number of ether oxygens (including phenoxy) is 1. The smallest absolute Gasteiger partial charge is 0.315 e. The summed E-state index contributed by atoms with van der Waals surface area (Å²) in [6.45, 7) is 20.4. The summed E-state index contributed by atoms with van der Waals surface area (Å²) in [5.41, 5.74) is -1.37. The predicted molar refractivity (Wildman–Crippen MR) is 188 cm³/mol. The Morgan fingerprint density at radius 3 is 2.10 bits per heavy atom. The summed E-state index contributed by atoms with van der Waals surface area (Å²) in [6.07, 6.45) is 4.26. The molecule has 0 spiro atoms. The molecule has 5 atom stereocenters. The minimum Gasteiger partial charge on any atom is -0.362 e. The molecule has 0 saturated carbocycles. The summed E-state index contributed by atoms with van der Waals surface area (Å²) in [5.74, 6) is -3.53. The van der Waals surface area contributed by atoms with Gasteiger partial charge in [-0.15, -0.1) is 6.58 Å². The second-order valence-corrected chi connectivity index (χ2v) is 15.9. The fourth-order valence-corrected chi connectivity index (χ4v) is 6.24. The van der Waals surface area contributed by atoms with E-state index >= 15 is 0 Å². The van der Waals surface area contributed by atoms with E-state index in [4.69, 9.17) is 4.74 Å². The molecule has 282 valence electrons. The molecule has 0 radical (unpaired) electrons. The van der Waals surface area contributed by atoms with Crippen molar-refractivity contribution in [2.45, 2.75) is 119 Å². The number of unbranched alkanes of at least 4 members (excludes halogenated alkanes) is 1. The highest BCUT2D eigenvalue weighted by Gasteiger charge is 2.47. The molecule has 1 unspecified atom stereocenters. The van der Waals surface area contributed by atoms with Gasteiger partial charge in [-0.25, -0.2) is 4.79 Å². The van der Waals surface area contributed by atoms with E-state index in [0.29, 0.717) is 19.3 Å². The molecule has 2 saturated heterocycles. The fraction of sp³-hybridized carbons (Fsp3) is 0.750. The molecule has 0 bridgehead atoms. The standard InChI is InChI=1S/C36H60N6O8/c1-11-13-14-24(29(45)32(47)37-16-12-2)38-31(46)28-23(18-22(3)4)15-17-41(28)33(48)30(36(8,9)10)40-34(49)39-25(35(5,6)7)19-42-26(43)20-50-21-27(42)44/h12,22-25,28,30H,2,11,13-21H2,1,3-10H3,(H,37,47)(H,38,46)(H2,39,40,49)/t23-,24?,25-,28+,30-/m1/s1. The van der Waals surface area contributed by atoms with Crippen molar-refractivity contribution in [3.05, 3.63) is 12.7 Å². The molecular formula is C36H60N6O8. The van der Waals surface area contributed by atoms with E-state index in [9.17, 15) is 33.6 Å². The molecule has 0 aromatic carbocycles. The van der Waals surface area contributed by atoms with Gasteiger partial charge < -0.3 is 30.9 Å². The Balaban J connectivity index is 2.36. The first-order valence-corrected chi connectivity index (χ1v) is 17.7. The van der Waals surface area contributed by atoms with Crippen molar-refractivity contribution < 1.29 is 38.3 Å². The van der Waals surface area contributed by atoms with E-state index in [1.807, 2.05) is 41.5 Å². The molecule has 0 aliphatic carbocycles. The Bertz CT molecular complexity index is 1250. The second-order valence-electron chi connectivity index (χ2n) is 15.9. The van der Waals surface area contributed by atoms with Gasteiger partial charge in [0.2, 0.25) is 17.6 Å². The van der Waals surface area contributed by atoms with Crippen LogP contribution in [0.25, 0.3) is 0 Å². The van der Waals surface area contributed by atoms with Gasteiger partial charge in [-0.2, -0.15) is 0 Å². The van der Waals surface area contributed by atoms with E-state index in [2.05, 4.69) is 27.8 Å². The third kappa shape index (κ3) is 11.9. The van der Waals surface area contributed by atoms with Crippen molar-refractivity contribution >= 4 is 41.4 Å². The largest absolute Gasteiger partial charge is 0.362 e. The van der Waals surface area contributed by atoms with Crippen molar-refractivity contribution in [1.82, 2.24) is 31.1 Å². The third-order valence-electron chi connectivity index (χ3n) is 9.12. The average molecular weight is 705 g/mol. The molecular weight excluding hydrogens is 644 g/mol. The van der Waals surface area contributed by atoms with Crippen LogP contribution in [0.15, 0.2) is 12.7 Å². The number of carbonyl (C=O) groups excluding carboxylic acids is 7. The van der Waals surface area contributed by atoms with Crippen molar-refractivity contribution in [1.29, 1.82) is 0 Å². The number of rotatable bonds is 16. The SMILES string of the molecule is C=CCNC(=O)C(=O)C(CCCC)NC(=O)[C@@H]1[C@@H](CC(C)C)CCN1C(=O)[C@@H](NC(=O)N[C@H](CN1C(=O)COCC1=O)C(C)(C)C)C(C)(C)C. The van der Waals surface area contributed by atoms with Gasteiger partial charge in [0.1, 0.15) is 25.3 Å². The Labute approximate surface area is 297 Å². The van der Waals surface area contributed by atoms with Crippen LogP contribution in [0.5, 0.6) is 0 Å². The maximum atomic E-state index is 14.4. The normalized spacial score (nSPS) is 20.2. The number of ketones is 1. The van der Waals surface area contributed by atoms with Crippen molar-refractivity contribution in [3.63, 3.8) is 0 Å². The van der Waals surface area contributed by atoms with Crippen LogP contribution in [0.2, 0.25) is 0 Å². The molecule has 50 heavy (non-hydrogen) atoms. The Morgan fingerprint density at radius 2 is 1.58 bits per heavy atom. The van der Waals surface area contributed by atoms with Gasteiger partial charge in [0.15, 0.2) is 0 Å². The Hall–Kier alpha value is -3.81. The van der Waals surface area contributed by atoms with Crippen LogP contribution in [-0.2, 0) is 33.5 Å². The van der Waals surface area contributed by atoms with E-state index < -0.39 is 76.3 Å². The zero-order chi connectivity index (χ0) is 38.0. The van der Waals surface area contributed by atoms with Gasteiger partial charge in [0, 0.05) is 19.6 Å². The van der Waals surface area contributed by atoms with Gasteiger partial charge >= 0.3 is 6.03 Å². The number of amides is 7. The number of Topliss-reactive ketones (excluding diaryl/α,β-unsaturated/α-hetero) is 1. The Morgan fingerprint density at radius 1 is 0.960 bits per heavy atom. The molecule has 0 aromatic heterocycles. The highest BCUT2D eigenvalue weighted by atomic mass is 16.5. The number of imide groups is 1. The number of nitrogens with zero attached hydrogens (tertiary/aromatic N) is 2. The molecule has 2 heterocycles. The van der Waals surface area contributed by atoms with Gasteiger partial charge in [-0.1, -0.05) is 81.2 Å². The molecule has 2 fully saturated rings. The van der Waals surface area contributed by atoms with Gasteiger partial charge in [0.25, 0.3) is 17.7 Å². The number of hydrogen-bond acceptors (Lipinski definition) is 8. The maximum Gasteiger partial charge on any atom is 0.315 e. The highest BCUT2D eigenvalue weighted by molar-refractivity contribution is 6.38. The molecule has 14 nitrogen and oxygen atoms in total. The first kappa shape index (κ1) is 42.4. The molecule has 2 aliphatic rings. The zero-order valence-electron chi connectivity index (χ0n) is 31.5. The summed E-state index contributed by atoms with van der Waals surface area (Å²) in [5, 5.41) is 11.0. The highest BCUT2D eigenvalue weighted by Crippen LogP contribution is 2.33. The molecule has 4 N–H and O–H groups in total. The molecule has 0 aromatic rings. The lowest BCUT2D eigenvalue weighted by Crippen LogP contribution is -2.63. The maximum absolute atomic E-state index is 14.4. The lowest BCUT2D eigenvalue weighted by Gasteiger charge is -2.39. The van der Waals surface area contributed by atoms with Crippen LogP contribution in [0.4, 0.5) is 4.79 Å². The van der Waals surface area contributed by atoms with E-state index in [1.165, 1.54) is 11.0 Å². The van der Waals surface area contributed by atoms with Gasteiger partial charge in [0.05, 0.1) is 12.1 Å². The Kier molecular flexibility index (Phi) is 15.6. The summed E-state index contributed by atoms with van der Waals surface area (Å²) in [7, 11) is 0. The number of urea groups is 1. The molecule has 2 aliphatic heterocycles. The zero-order valence-corrected chi connectivity index (χ0v) is 31.5. The first-order valence-electron chi connectivity index (χ1n) is 17.7. The van der Waals surface area contributed by atoms with E-state index in [0.717, 1.165) is 11.3 Å². The van der Waals surface area contributed by atoms with Crippen molar-refractivity contribution in [3.8, 4) is 0 Å². The average Bonchev–Trinajstić information content (AvgIpc) is 3.43. The number of nitrogens with one attached hydrogen (secondary N) is 4. The lowest BCUT2D eigenvalue weighted by molar-refractivity contribution is -0.159. The minimum absolute atomic E-state index is 0.0686. The van der Waals surface area contributed by atoms with Crippen LogP contribution < -0.4 is 21.3 Å². The van der Waals surface area contributed by atoms with Crippen molar-refractivity contribution in [2.24, 2.45) is 22.7 Å². The summed E-state index contributed by atoms with van der Waals surface area (Å²) < 4.78 is 5.02. The minimum atomic E-state index is -1.06. The molecule has 2 rings (SSSR count). The summed E-state index contributed by atoms with van der Waals surface area (Å²) >= 11 is 0. The topological polar surface area (TPSA) is 183 Å². The number of hydrogen-bond donors (Lipinski definition) is 4. The van der Waals surface area contributed by atoms with Crippen LogP contribution in [-0.4, -0.2) is 108 Å². The van der Waals surface area contributed by atoms with Crippen molar-refractivity contribution in [2.75, 3.05) is 32.8 Å². The van der Waals surface area contributed by atoms with Crippen LogP contribution in [0.3, 0.4) is 0 Å². The quantitative estimate of drug-likeness (QED) is 0.107. The van der Waals surface area contributed by atoms with Crippen LogP contribution in [0.1, 0.15) is 94.4 Å². The first-order chi connectivity index (χ1) is 23.2. The third-order valence-corrected chi connectivity index (χ3v) is 9.12. The molecule has 7 amide bonds. The van der Waals surface area contributed by atoms with E-state index in [-0.39, 0.29) is 51.1 Å². The van der Waals surface area contributed by atoms with Crippen LogP contribution >= 0.6 is 0 Å². The summed E-state index contributed by atoms with van der Waals surface area (Å²) in [4.78, 5) is 95.2. The van der Waals surface area contributed by atoms with Gasteiger partial charge in [-0.3, -0.25) is 33.7 Å². The monoisotopic (exact) mass is 704 g/mol. The fourth-order valence-electron chi connectivity index (χ4n) is 6.24. The molecule has 14 heteroatoms. The number of likely N-dealkylation sites (tertiary alicyclic amines) is 1. The number of carbonyl (C=O) groups is 7. The summed E-state index contributed by atoms with van der Waals surface area (Å²) in [6, 6.07) is -4.38. The predicted octanol–water partition coefficient (Wildman–Crippen LogP) is 2.31. The second kappa shape index (κ2) is 18.4. The van der Waals surface area contributed by atoms with Crippen LogP contribution in [0, 0.1) is 22.7 Å². The van der Waals surface area contributed by atoms with E-state index in [1.54, 1.807) is 20.8 Å². The number of morpholine rings is 1.